The third-order valence-corrected chi connectivity index (χ3v) is 6.62. The van der Waals surface area contributed by atoms with Crippen molar-refractivity contribution < 1.29 is 22.7 Å². The number of amides is 1. The first-order chi connectivity index (χ1) is 16.5. The number of hydrogen-bond acceptors (Lipinski definition) is 6. The number of nitrogens with zero attached hydrogens (tertiary/aromatic N) is 2. The molecule has 0 aliphatic rings. The fourth-order valence-corrected chi connectivity index (χ4v) is 4.41. The van der Waals surface area contributed by atoms with Gasteiger partial charge in [0.05, 0.1) is 25.1 Å². The number of carbonyl (C=O) groups excluding carboxylic acids is 2. The summed E-state index contributed by atoms with van der Waals surface area (Å²) in [5.74, 6) is 0.301. The van der Waals surface area contributed by atoms with Crippen LogP contribution in [0.4, 0.5) is 5.69 Å². The van der Waals surface area contributed by atoms with E-state index in [-0.39, 0.29) is 29.7 Å². The summed E-state index contributed by atoms with van der Waals surface area (Å²) in [6.45, 7) is 6.26. The second kappa shape index (κ2) is 10.9. The SMILES string of the molecule is CCN(CC(=O)Nc1cccc(OC)c1)CC(=O)c1cc(C)n(-c2ccc(S(N)(=O)=O)cc2)c1C. The number of nitrogens with two attached hydrogens (primary N) is 1. The zero-order chi connectivity index (χ0) is 25.8. The average Bonchev–Trinajstić information content (AvgIpc) is 3.12. The molecule has 1 aromatic heterocycles. The Kier molecular flexibility index (Phi) is 8.11. The number of sulfonamides is 1. The lowest BCUT2D eigenvalue weighted by Gasteiger charge is -2.19. The number of likely N-dealkylation sites (N-methyl/N-ethyl adjacent to an activating group) is 1. The molecule has 0 bridgehead atoms. The maximum absolute atomic E-state index is 13.1. The number of rotatable bonds is 10. The standard InChI is InChI=1S/C25H30N4O5S/c1-5-28(16-25(31)27-19-7-6-8-21(14-19)34-4)15-24(30)23-13-17(2)29(18(23)3)20-9-11-22(12-10-20)35(26,32)33/h6-14H,5,15-16H2,1-4H3,(H,27,31)(H2,26,32,33). The van der Waals surface area contributed by atoms with Gasteiger partial charge in [-0.05, 0) is 62.9 Å². The van der Waals surface area contributed by atoms with Crippen molar-refractivity contribution in [2.45, 2.75) is 25.7 Å². The van der Waals surface area contributed by atoms with Crippen molar-refractivity contribution in [3.05, 3.63) is 71.5 Å². The Morgan fingerprint density at radius 3 is 2.34 bits per heavy atom. The maximum atomic E-state index is 13.1. The van der Waals surface area contributed by atoms with Gasteiger partial charge in [0.15, 0.2) is 5.78 Å². The van der Waals surface area contributed by atoms with Gasteiger partial charge in [-0.15, -0.1) is 0 Å². The Morgan fingerprint density at radius 1 is 1.06 bits per heavy atom. The molecule has 3 N–H and O–H groups in total. The van der Waals surface area contributed by atoms with Crippen LogP contribution in [0.1, 0.15) is 28.7 Å². The number of ether oxygens (including phenoxy) is 1. The fraction of sp³-hybridized carbons (Fsp3) is 0.280. The van der Waals surface area contributed by atoms with E-state index in [1.54, 1.807) is 54.5 Å². The quantitative estimate of drug-likeness (QED) is 0.414. The first-order valence-corrected chi connectivity index (χ1v) is 12.6. The van der Waals surface area contributed by atoms with E-state index in [0.29, 0.717) is 23.5 Å². The van der Waals surface area contributed by atoms with Gasteiger partial charge in [0.25, 0.3) is 0 Å². The smallest absolute Gasteiger partial charge is 0.238 e. The van der Waals surface area contributed by atoms with Gasteiger partial charge >= 0.3 is 0 Å². The van der Waals surface area contributed by atoms with Crippen LogP contribution >= 0.6 is 0 Å². The molecule has 3 aromatic rings. The van der Waals surface area contributed by atoms with E-state index < -0.39 is 10.0 Å². The van der Waals surface area contributed by atoms with E-state index in [1.807, 2.05) is 25.3 Å². The Labute approximate surface area is 205 Å². The molecule has 0 saturated carbocycles. The Morgan fingerprint density at radius 2 is 1.74 bits per heavy atom. The van der Waals surface area contributed by atoms with Crippen molar-refractivity contribution in [2.75, 3.05) is 32.1 Å². The van der Waals surface area contributed by atoms with Crippen LogP contribution in [0.15, 0.2) is 59.5 Å². The number of methoxy groups -OCH3 is 1. The summed E-state index contributed by atoms with van der Waals surface area (Å²) in [4.78, 5) is 27.5. The van der Waals surface area contributed by atoms with Gasteiger partial charge in [0.1, 0.15) is 5.75 Å². The van der Waals surface area contributed by atoms with Crippen molar-refractivity contribution in [2.24, 2.45) is 5.14 Å². The van der Waals surface area contributed by atoms with Crippen LogP contribution in [0.3, 0.4) is 0 Å². The minimum absolute atomic E-state index is 0.0193. The van der Waals surface area contributed by atoms with Crippen molar-refractivity contribution in [1.29, 1.82) is 0 Å². The maximum Gasteiger partial charge on any atom is 0.238 e. The van der Waals surface area contributed by atoms with Gasteiger partial charge in [0.2, 0.25) is 15.9 Å². The predicted octanol–water partition coefficient (Wildman–Crippen LogP) is 2.89. The van der Waals surface area contributed by atoms with E-state index in [0.717, 1.165) is 17.1 Å². The second-order valence-electron chi connectivity index (χ2n) is 8.17. The van der Waals surface area contributed by atoms with Crippen LogP contribution in [0.25, 0.3) is 5.69 Å². The van der Waals surface area contributed by atoms with Gasteiger partial charge in [0, 0.05) is 34.4 Å². The van der Waals surface area contributed by atoms with E-state index in [2.05, 4.69) is 5.32 Å². The molecule has 186 valence electrons. The lowest BCUT2D eigenvalue weighted by Crippen LogP contribution is -2.37. The molecule has 1 heterocycles. The van der Waals surface area contributed by atoms with E-state index >= 15 is 0 Å². The lowest BCUT2D eigenvalue weighted by molar-refractivity contribution is -0.117. The van der Waals surface area contributed by atoms with Crippen molar-refractivity contribution >= 4 is 27.4 Å². The van der Waals surface area contributed by atoms with Gasteiger partial charge in [-0.3, -0.25) is 14.5 Å². The molecule has 0 spiro atoms. The summed E-state index contributed by atoms with van der Waals surface area (Å²) in [7, 11) is -2.23. The average molecular weight is 499 g/mol. The third kappa shape index (κ3) is 6.36. The number of anilines is 1. The molecule has 9 nitrogen and oxygen atoms in total. The highest BCUT2D eigenvalue weighted by Crippen LogP contribution is 2.23. The van der Waals surface area contributed by atoms with E-state index in [4.69, 9.17) is 9.88 Å². The molecule has 0 saturated heterocycles. The van der Waals surface area contributed by atoms with Gasteiger partial charge < -0.3 is 14.6 Å². The predicted molar refractivity (Wildman–Crippen MR) is 135 cm³/mol. The highest BCUT2D eigenvalue weighted by molar-refractivity contribution is 7.89. The third-order valence-electron chi connectivity index (χ3n) is 5.69. The molecular formula is C25H30N4O5S. The monoisotopic (exact) mass is 498 g/mol. The van der Waals surface area contributed by atoms with Crippen LogP contribution in [-0.2, 0) is 14.8 Å². The summed E-state index contributed by atoms with van der Waals surface area (Å²) in [6, 6.07) is 15.0. The van der Waals surface area contributed by atoms with Gasteiger partial charge in [-0.2, -0.15) is 0 Å². The normalized spacial score (nSPS) is 11.5. The number of hydrogen-bond donors (Lipinski definition) is 2. The Bertz CT molecular complexity index is 1330. The summed E-state index contributed by atoms with van der Waals surface area (Å²) >= 11 is 0. The summed E-state index contributed by atoms with van der Waals surface area (Å²) in [5.41, 5.74) is 3.44. The van der Waals surface area contributed by atoms with Crippen LogP contribution in [-0.4, -0.2) is 56.3 Å². The highest BCUT2D eigenvalue weighted by Gasteiger charge is 2.20. The van der Waals surface area contributed by atoms with Crippen LogP contribution < -0.4 is 15.2 Å². The zero-order valence-electron chi connectivity index (χ0n) is 20.2. The molecule has 0 aliphatic heterocycles. The topological polar surface area (TPSA) is 124 Å². The minimum atomic E-state index is -3.79. The number of carbonyl (C=O) groups is 2. The number of primary sulfonamides is 1. The minimum Gasteiger partial charge on any atom is -0.497 e. The highest BCUT2D eigenvalue weighted by atomic mass is 32.2. The number of ketones is 1. The number of nitrogens with one attached hydrogen (secondary N) is 1. The lowest BCUT2D eigenvalue weighted by atomic mass is 10.1. The van der Waals surface area contributed by atoms with Crippen molar-refractivity contribution in [3.8, 4) is 11.4 Å². The molecule has 10 heteroatoms. The van der Waals surface area contributed by atoms with Crippen LogP contribution in [0, 0.1) is 13.8 Å². The summed E-state index contributed by atoms with van der Waals surface area (Å²) in [6.07, 6.45) is 0. The summed E-state index contributed by atoms with van der Waals surface area (Å²) < 4.78 is 30.1. The molecule has 1 amide bonds. The largest absolute Gasteiger partial charge is 0.497 e. The number of benzene rings is 2. The molecule has 2 aromatic carbocycles. The zero-order valence-corrected chi connectivity index (χ0v) is 21.1. The van der Waals surface area contributed by atoms with Crippen LogP contribution in [0.2, 0.25) is 0 Å². The molecule has 0 fully saturated rings. The molecule has 0 radical (unpaired) electrons. The second-order valence-corrected chi connectivity index (χ2v) is 9.73. The Balaban J connectivity index is 1.72. The molecule has 0 unspecified atom stereocenters. The molecule has 3 rings (SSSR count). The molecular weight excluding hydrogens is 468 g/mol. The fourth-order valence-electron chi connectivity index (χ4n) is 3.90. The molecule has 0 aliphatic carbocycles. The van der Waals surface area contributed by atoms with Gasteiger partial charge in [-0.25, -0.2) is 13.6 Å². The van der Waals surface area contributed by atoms with Crippen molar-refractivity contribution in [3.63, 3.8) is 0 Å². The number of aromatic nitrogens is 1. The number of aryl methyl sites for hydroxylation is 1. The van der Waals surface area contributed by atoms with Gasteiger partial charge in [-0.1, -0.05) is 13.0 Å². The van der Waals surface area contributed by atoms with E-state index in [1.165, 1.54) is 12.1 Å². The first-order valence-electron chi connectivity index (χ1n) is 11.0. The van der Waals surface area contributed by atoms with Crippen LogP contribution in [0.5, 0.6) is 5.75 Å². The first kappa shape index (κ1) is 26.1. The number of Topliss-reactive ketones (excluding diaryl/α,β-unsaturated/α-hetero) is 1. The van der Waals surface area contributed by atoms with E-state index in [9.17, 15) is 18.0 Å². The molecule has 0 atom stereocenters. The van der Waals surface area contributed by atoms with Crippen molar-refractivity contribution in [1.82, 2.24) is 9.47 Å². The Hall–Kier alpha value is -3.47. The molecule has 35 heavy (non-hydrogen) atoms. The summed E-state index contributed by atoms with van der Waals surface area (Å²) in [5, 5.41) is 8.01.